The summed E-state index contributed by atoms with van der Waals surface area (Å²) in [5.41, 5.74) is 0.822. The van der Waals surface area contributed by atoms with E-state index in [1.54, 1.807) is 19.1 Å². The number of hydrogen-bond acceptors (Lipinski definition) is 4. The van der Waals surface area contributed by atoms with Crippen LogP contribution in [-0.2, 0) is 21.4 Å². The number of carbonyl (C=O) groups excluding carboxylic acids is 1. The normalized spacial score (nSPS) is 12.9. The molecule has 0 saturated carbocycles. The molecule has 0 fully saturated rings. The van der Waals surface area contributed by atoms with Crippen molar-refractivity contribution in [3.8, 4) is 0 Å². The van der Waals surface area contributed by atoms with Crippen molar-refractivity contribution in [2.24, 2.45) is 5.92 Å². The summed E-state index contributed by atoms with van der Waals surface area (Å²) in [4.78, 5) is 10.9. The van der Waals surface area contributed by atoms with Crippen molar-refractivity contribution in [3.63, 3.8) is 0 Å². The Kier molecular flexibility index (Phi) is 6.12. The van der Waals surface area contributed by atoms with Crippen molar-refractivity contribution in [1.82, 2.24) is 10.0 Å². The highest BCUT2D eigenvalue weighted by Gasteiger charge is 2.14. The molecular formula is C13H20N2O4S. The van der Waals surface area contributed by atoms with Crippen molar-refractivity contribution in [2.75, 3.05) is 13.2 Å². The van der Waals surface area contributed by atoms with Gasteiger partial charge in [-0.25, -0.2) is 13.1 Å². The molecule has 112 valence electrons. The molecule has 0 aliphatic rings. The lowest BCUT2D eigenvalue weighted by atomic mass is 10.2. The third-order valence-electron chi connectivity index (χ3n) is 2.71. The lowest BCUT2D eigenvalue weighted by Crippen LogP contribution is -2.29. The zero-order chi connectivity index (χ0) is 15.2. The molecule has 3 N–H and O–H groups in total. The molecule has 1 aromatic carbocycles. The molecule has 6 nitrogen and oxygen atoms in total. The zero-order valence-corrected chi connectivity index (χ0v) is 12.4. The van der Waals surface area contributed by atoms with Gasteiger partial charge in [-0.2, -0.15) is 0 Å². The number of nitrogens with one attached hydrogen (secondary N) is 2. The molecule has 0 bridgehead atoms. The number of amides is 1. The number of aliphatic hydroxyl groups is 1. The zero-order valence-electron chi connectivity index (χ0n) is 11.6. The molecule has 0 aromatic heterocycles. The molecule has 20 heavy (non-hydrogen) atoms. The van der Waals surface area contributed by atoms with Gasteiger partial charge in [-0.3, -0.25) is 4.79 Å². The molecule has 0 radical (unpaired) electrons. The van der Waals surface area contributed by atoms with Crippen LogP contribution < -0.4 is 10.0 Å². The second-order valence-corrected chi connectivity index (χ2v) is 6.46. The first-order valence-electron chi connectivity index (χ1n) is 6.29. The van der Waals surface area contributed by atoms with E-state index >= 15 is 0 Å². The van der Waals surface area contributed by atoms with Gasteiger partial charge in [-0.15, -0.1) is 0 Å². The highest BCUT2D eigenvalue weighted by atomic mass is 32.2. The Bertz CT molecular complexity index is 540. The molecule has 0 aliphatic carbocycles. The van der Waals surface area contributed by atoms with Crippen LogP contribution in [0.1, 0.15) is 19.4 Å². The predicted molar refractivity (Wildman–Crippen MR) is 75.4 cm³/mol. The molecule has 0 aliphatic heterocycles. The van der Waals surface area contributed by atoms with E-state index in [0.717, 1.165) is 5.56 Å². The van der Waals surface area contributed by atoms with Crippen LogP contribution in [0.15, 0.2) is 29.2 Å². The highest BCUT2D eigenvalue weighted by molar-refractivity contribution is 7.89. The van der Waals surface area contributed by atoms with E-state index in [0.29, 0.717) is 6.54 Å². The maximum atomic E-state index is 12.0. The fourth-order valence-corrected chi connectivity index (χ4v) is 2.58. The molecule has 1 amide bonds. The van der Waals surface area contributed by atoms with Crippen molar-refractivity contribution in [3.05, 3.63) is 29.8 Å². The average Bonchev–Trinajstić information content (AvgIpc) is 2.43. The Morgan fingerprint density at radius 2 is 1.90 bits per heavy atom. The first-order chi connectivity index (χ1) is 9.35. The maximum absolute atomic E-state index is 12.0. The van der Waals surface area contributed by atoms with Gasteiger partial charge in [0.25, 0.3) is 0 Å². The van der Waals surface area contributed by atoms with E-state index in [-0.39, 0.29) is 29.9 Å². The maximum Gasteiger partial charge on any atom is 0.240 e. The van der Waals surface area contributed by atoms with Crippen LogP contribution in [-0.4, -0.2) is 32.6 Å². The molecule has 7 heteroatoms. The summed E-state index contributed by atoms with van der Waals surface area (Å²) in [6, 6.07) is 6.28. The van der Waals surface area contributed by atoms with E-state index in [4.69, 9.17) is 5.11 Å². The number of rotatable bonds is 7. The van der Waals surface area contributed by atoms with Gasteiger partial charge in [0, 0.05) is 26.6 Å². The molecular weight excluding hydrogens is 280 g/mol. The van der Waals surface area contributed by atoms with Gasteiger partial charge in [-0.1, -0.05) is 19.1 Å². The highest BCUT2D eigenvalue weighted by Crippen LogP contribution is 2.10. The topological polar surface area (TPSA) is 95.5 Å². The van der Waals surface area contributed by atoms with Crippen LogP contribution in [0.3, 0.4) is 0 Å². The van der Waals surface area contributed by atoms with Gasteiger partial charge in [-0.05, 0) is 23.6 Å². The van der Waals surface area contributed by atoms with Crippen molar-refractivity contribution in [1.29, 1.82) is 0 Å². The Morgan fingerprint density at radius 1 is 1.30 bits per heavy atom. The minimum Gasteiger partial charge on any atom is -0.396 e. The smallest absolute Gasteiger partial charge is 0.240 e. The fourth-order valence-electron chi connectivity index (χ4n) is 1.41. The predicted octanol–water partition coefficient (Wildman–Crippen LogP) is 0.229. The standard InChI is InChI=1S/C13H20N2O4S/c1-10(9-16)7-15-20(18,19)13-5-3-12(4-6-13)8-14-11(2)17/h3-6,10,15-16H,7-9H2,1-2H3,(H,14,17). The molecule has 1 unspecified atom stereocenters. The monoisotopic (exact) mass is 300 g/mol. The largest absolute Gasteiger partial charge is 0.396 e. The van der Waals surface area contributed by atoms with Crippen LogP contribution in [0.4, 0.5) is 0 Å². The number of aliphatic hydroxyl groups excluding tert-OH is 1. The van der Waals surface area contributed by atoms with E-state index in [9.17, 15) is 13.2 Å². The molecule has 1 atom stereocenters. The van der Waals surface area contributed by atoms with Gasteiger partial charge < -0.3 is 10.4 Å². The number of benzene rings is 1. The summed E-state index contributed by atoms with van der Waals surface area (Å²) >= 11 is 0. The molecule has 0 heterocycles. The number of hydrogen-bond donors (Lipinski definition) is 3. The summed E-state index contributed by atoms with van der Waals surface area (Å²) < 4.78 is 26.4. The van der Waals surface area contributed by atoms with Crippen LogP contribution in [0.25, 0.3) is 0 Å². The Labute approximate surface area is 119 Å². The van der Waals surface area contributed by atoms with E-state index in [1.165, 1.54) is 19.1 Å². The second kappa shape index (κ2) is 7.37. The molecule has 0 saturated heterocycles. The number of carbonyl (C=O) groups is 1. The third kappa shape index (κ3) is 5.28. The van der Waals surface area contributed by atoms with Crippen molar-refractivity contribution in [2.45, 2.75) is 25.3 Å². The van der Waals surface area contributed by atoms with E-state index < -0.39 is 10.0 Å². The Hall–Kier alpha value is -1.44. The lowest BCUT2D eigenvalue weighted by Gasteiger charge is -2.11. The van der Waals surface area contributed by atoms with Crippen molar-refractivity contribution < 1.29 is 18.3 Å². The minimum atomic E-state index is -3.56. The molecule has 1 aromatic rings. The van der Waals surface area contributed by atoms with E-state index in [2.05, 4.69) is 10.0 Å². The third-order valence-corrected chi connectivity index (χ3v) is 4.15. The van der Waals surface area contributed by atoms with Gasteiger partial charge in [0.2, 0.25) is 15.9 Å². The number of sulfonamides is 1. The first kappa shape index (κ1) is 16.6. The van der Waals surface area contributed by atoms with E-state index in [1.807, 2.05) is 0 Å². The van der Waals surface area contributed by atoms with Crippen LogP contribution >= 0.6 is 0 Å². The van der Waals surface area contributed by atoms with Crippen molar-refractivity contribution >= 4 is 15.9 Å². The quantitative estimate of drug-likeness (QED) is 0.671. The summed E-state index contributed by atoms with van der Waals surface area (Å²) in [6.07, 6.45) is 0. The van der Waals surface area contributed by atoms with Crippen LogP contribution in [0, 0.1) is 5.92 Å². The van der Waals surface area contributed by atoms with Crippen LogP contribution in [0.5, 0.6) is 0 Å². The summed E-state index contributed by atoms with van der Waals surface area (Å²) in [5, 5.41) is 11.5. The second-order valence-electron chi connectivity index (χ2n) is 4.69. The Balaban J connectivity index is 2.69. The first-order valence-corrected chi connectivity index (χ1v) is 7.77. The lowest BCUT2D eigenvalue weighted by molar-refractivity contribution is -0.119. The van der Waals surface area contributed by atoms with Crippen LogP contribution in [0.2, 0.25) is 0 Å². The average molecular weight is 300 g/mol. The molecule has 0 spiro atoms. The summed E-state index contributed by atoms with van der Waals surface area (Å²) in [5.74, 6) is -0.273. The van der Waals surface area contributed by atoms with Gasteiger partial charge >= 0.3 is 0 Å². The van der Waals surface area contributed by atoms with Gasteiger partial charge in [0.15, 0.2) is 0 Å². The SMILES string of the molecule is CC(=O)NCc1ccc(S(=O)(=O)NCC(C)CO)cc1. The Morgan fingerprint density at radius 3 is 2.40 bits per heavy atom. The van der Waals surface area contributed by atoms with Gasteiger partial charge in [0.1, 0.15) is 0 Å². The summed E-state index contributed by atoms with van der Waals surface area (Å²) in [7, 11) is -3.56. The van der Waals surface area contributed by atoms with Gasteiger partial charge in [0.05, 0.1) is 4.90 Å². The minimum absolute atomic E-state index is 0.0713. The fraction of sp³-hybridized carbons (Fsp3) is 0.462. The molecule has 1 rings (SSSR count). The summed E-state index contributed by atoms with van der Waals surface area (Å²) in [6.45, 7) is 3.65.